The van der Waals surface area contributed by atoms with Crippen LogP contribution in [0.3, 0.4) is 0 Å². The lowest BCUT2D eigenvalue weighted by Crippen LogP contribution is -2.42. The summed E-state index contributed by atoms with van der Waals surface area (Å²) in [5.74, 6) is -0.0435. The van der Waals surface area contributed by atoms with Crippen molar-refractivity contribution in [3.8, 4) is 0 Å². The third kappa shape index (κ3) is 3.90. The molecule has 35 heavy (non-hydrogen) atoms. The minimum absolute atomic E-state index is 0.0435. The summed E-state index contributed by atoms with van der Waals surface area (Å²) in [6.45, 7) is 4.70. The van der Waals surface area contributed by atoms with Crippen LogP contribution in [-0.4, -0.2) is 63.5 Å². The summed E-state index contributed by atoms with van der Waals surface area (Å²) in [6, 6.07) is 7.81. The van der Waals surface area contributed by atoms with Crippen molar-refractivity contribution in [3.05, 3.63) is 69.9 Å². The van der Waals surface area contributed by atoms with E-state index in [0.29, 0.717) is 49.4 Å². The highest BCUT2D eigenvalue weighted by Crippen LogP contribution is 2.31. The molecule has 180 valence electrons. The van der Waals surface area contributed by atoms with Crippen molar-refractivity contribution in [3.63, 3.8) is 0 Å². The fourth-order valence-corrected chi connectivity index (χ4v) is 5.20. The third-order valence-electron chi connectivity index (χ3n) is 7.08. The van der Waals surface area contributed by atoms with Crippen LogP contribution in [0, 0.1) is 6.92 Å². The lowest BCUT2D eigenvalue weighted by Gasteiger charge is -2.33. The van der Waals surface area contributed by atoms with Crippen molar-refractivity contribution in [2.75, 3.05) is 32.9 Å². The van der Waals surface area contributed by atoms with Crippen LogP contribution < -0.4 is 5.56 Å². The Hall–Kier alpha value is -3.56. The largest absolute Gasteiger partial charge is 0.381 e. The molecule has 2 aliphatic rings. The summed E-state index contributed by atoms with van der Waals surface area (Å²) in [7, 11) is 0. The van der Waals surface area contributed by atoms with Gasteiger partial charge in [-0.25, -0.2) is 0 Å². The number of morpholine rings is 1. The lowest BCUT2D eigenvalue weighted by molar-refractivity contribution is -0.0229. The van der Waals surface area contributed by atoms with Crippen molar-refractivity contribution in [2.24, 2.45) is 0 Å². The van der Waals surface area contributed by atoms with Crippen molar-refractivity contribution in [1.29, 1.82) is 0 Å². The maximum Gasteiger partial charge on any atom is 0.259 e. The predicted molar refractivity (Wildman–Crippen MR) is 131 cm³/mol. The van der Waals surface area contributed by atoms with Crippen LogP contribution in [0.5, 0.6) is 0 Å². The number of aromatic nitrogens is 4. The van der Waals surface area contributed by atoms with Gasteiger partial charge in [-0.2, -0.15) is 5.10 Å². The Morgan fingerprint density at radius 1 is 1.14 bits per heavy atom. The second-order valence-corrected chi connectivity index (χ2v) is 9.26. The average molecular weight is 474 g/mol. The molecular weight excluding hydrogens is 446 g/mol. The van der Waals surface area contributed by atoms with Gasteiger partial charge in [0.2, 0.25) is 0 Å². The Morgan fingerprint density at radius 3 is 2.80 bits per heavy atom. The minimum Gasteiger partial charge on any atom is -0.381 e. The zero-order valence-corrected chi connectivity index (χ0v) is 19.6. The van der Waals surface area contributed by atoms with Crippen LogP contribution in [0.15, 0.2) is 47.7 Å². The van der Waals surface area contributed by atoms with Crippen LogP contribution in [0.25, 0.3) is 21.8 Å². The lowest BCUT2D eigenvalue weighted by atomic mass is 10.0. The van der Waals surface area contributed by atoms with Crippen LogP contribution in [0.1, 0.15) is 46.5 Å². The molecule has 0 bridgehead atoms. The number of nitrogens with zero attached hydrogens (tertiary/aromatic N) is 4. The van der Waals surface area contributed by atoms with E-state index in [0.717, 1.165) is 34.9 Å². The number of ether oxygens (including phenoxy) is 2. The van der Waals surface area contributed by atoms with E-state index in [-0.39, 0.29) is 23.6 Å². The molecule has 2 saturated heterocycles. The maximum atomic E-state index is 13.7. The number of nitrogens with one attached hydrogen (secondary N) is 1. The first-order valence-corrected chi connectivity index (χ1v) is 12.0. The maximum absolute atomic E-state index is 13.7. The Balaban J connectivity index is 1.41. The van der Waals surface area contributed by atoms with Gasteiger partial charge in [-0.15, -0.1) is 0 Å². The van der Waals surface area contributed by atoms with E-state index >= 15 is 0 Å². The van der Waals surface area contributed by atoms with E-state index in [9.17, 15) is 9.59 Å². The van der Waals surface area contributed by atoms with Gasteiger partial charge in [0.15, 0.2) is 0 Å². The molecule has 2 aliphatic heterocycles. The van der Waals surface area contributed by atoms with Gasteiger partial charge in [-0.1, -0.05) is 6.07 Å². The molecule has 2 fully saturated rings. The highest BCUT2D eigenvalue weighted by Gasteiger charge is 2.28. The van der Waals surface area contributed by atoms with Gasteiger partial charge in [0.25, 0.3) is 11.5 Å². The summed E-state index contributed by atoms with van der Waals surface area (Å²) in [6.07, 6.45) is 6.61. The quantitative estimate of drug-likeness (QED) is 0.490. The van der Waals surface area contributed by atoms with E-state index in [2.05, 4.69) is 15.1 Å². The van der Waals surface area contributed by atoms with Crippen LogP contribution >= 0.6 is 0 Å². The normalized spacial score (nSPS) is 19.5. The standard InChI is InChI=1S/C26H27N5O4/c1-16-11-22-20(24-21(25(32)29-22)14-28-31(24)18-4-8-34-9-5-18)12-19(16)26(33)30-7-10-35-23(15-30)17-3-2-6-27-13-17/h2-3,6,11-14,18,23H,4-5,7-10,15H2,1H3,(H,29,32). The van der Waals surface area contributed by atoms with E-state index in [1.54, 1.807) is 18.6 Å². The van der Waals surface area contributed by atoms with Gasteiger partial charge in [-0.3, -0.25) is 19.3 Å². The topological polar surface area (TPSA) is 102 Å². The van der Waals surface area contributed by atoms with E-state index in [4.69, 9.17) is 9.47 Å². The number of carbonyl (C=O) groups is 1. The van der Waals surface area contributed by atoms with Crippen molar-refractivity contribution < 1.29 is 14.3 Å². The zero-order chi connectivity index (χ0) is 23.9. The molecule has 9 nitrogen and oxygen atoms in total. The number of amides is 1. The SMILES string of the molecule is Cc1cc2[nH]c(=O)c3cnn(C4CCOCC4)c3c2cc1C(=O)N1CCOC(c2cccnc2)C1. The Kier molecular flexibility index (Phi) is 5.58. The van der Waals surface area contributed by atoms with Gasteiger partial charge >= 0.3 is 0 Å². The van der Waals surface area contributed by atoms with Gasteiger partial charge in [-0.05, 0) is 43.5 Å². The number of fused-ring (bicyclic) bond motifs is 3. The molecule has 4 aromatic rings. The molecule has 5 heterocycles. The minimum atomic E-state index is -0.208. The number of rotatable bonds is 3. The number of H-pyrrole nitrogens is 1. The highest BCUT2D eigenvalue weighted by atomic mass is 16.5. The van der Waals surface area contributed by atoms with Gasteiger partial charge < -0.3 is 19.4 Å². The first kappa shape index (κ1) is 21.9. The van der Waals surface area contributed by atoms with Gasteiger partial charge in [0.05, 0.1) is 41.8 Å². The second kappa shape index (κ2) is 8.90. The number of aryl methyl sites for hydroxylation is 1. The second-order valence-electron chi connectivity index (χ2n) is 9.26. The molecule has 1 unspecified atom stereocenters. The van der Waals surface area contributed by atoms with E-state index < -0.39 is 0 Å². The van der Waals surface area contributed by atoms with Gasteiger partial charge in [0.1, 0.15) is 6.10 Å². The van der Waals surface area contributed by atoms with Crippen LogP contribution in [0.2, 0.25) is 0 Å². The number of hydrogen-bond donors (Lipinski definition) is 1. The molecule has 9 heteroatoms. The molecule has 1 atom stereocenters. The molecule has 3 aromatic heterocycles. The number of carbonyl (C=O) groups excluding carboxylic acids is 1. The number of pyridine rings is 2. The summed E-state index contributed by atoms with van der Waals surface area (Å²) < 4.78 is 13.4. The smallest absolute Gasteiger partial charge is 0.259 e. The zero-order valence-electron chi connectivity index (χ0n) is 19.6. The summed E-state index contributed by atoms with van der Waals surface area (Å²) in [5, 5.41) is 5.95. The Bertz CT molecular complexity index is 1460. The molecular formula is C26H27N5O4. The highest BCUT2D eigenvalue weighted by molar-refractivity contribution is 6.07. The first-order chi connectivity index (χ1) is 17.1. The van der Waals surface area contributed by atoms with Crippen molar-refractivity contribution in [2.45, 2.75) is 31.9 Å². The molecule has 1 N–H and O–H groups in total. The summed E-state index contributed by atoms with van der Waals surface area (Å²) >= 11 is 0. The molecule has 0 aliphatic carbocycles. The summed E-state index contributed by atoms with van der Waals surface area (Å²) in [5.41, 5.74) is 3.72. The van der Waals surface area contributed by atoms with Crippen molar-refractivity contribution in [1.82, 2.24) is 24.6 Å². The van der Waals surface area contributed by atoms with E-state index in [1.165, 1.54) is 0 Å². The van der Waals surface area contributed by atoms with Crippen LogP contribution in [0.4, 0.5) is 0 Å². The fraction of sp³-hybridized carbons (Fsp3) is 0.385. The fourth-order valence-electron chi connectivity index (χ4n) is 5.20. The number of aromatic amines is 1. The summed E-state index contributed by atoms with van der Waals surface area (Å²) in [4.78, 5) is 35.5. The number of hydrogen-bond acceptors (Lipinski definition) is 6. The monoisotopic (exact) mass is 473 g/mol. The molecule has 6 rings (SSSR count). The predicted octanol–water partition coefficient (Wildman–Crippen LogP) is 3.15. The molecule has 0 saturated carbocycles. The van der Waals surface area contributed by atoms with Crippen molar-refractivity contribution >= 4 is 27.7 Å². The first-order valence-electron chi connectivity index (χ1n) is 12.0. The molecule has 0 radical (unpaired) electrons. The number of benzene rings is 1. The van der Waals surface area contributed by atoms with Crippen LogP contribution in [-0.2, 0) is 9.47 Å². The molecule has 1 aromatic carbocycles. The Labute approximate surface area is 201 Å². The van der Waals surface area contributed by atoms with E-state index in [1.807, 2.05) is 40.8 Å². The third-order valence-corrected chi connectivity index (χ3v) is 7.08. The molecule has 1 amide bonds. The molecule has 0 spiro atoms. The van der Waals surface area contributed by atoms with Gasteiger partial charge in [0, 0.05) is 48.7 Å². The average Bonchev–Trinajstić information content (AvgIpc) is 3.35. The Morgan fingerprint density at radius 2 is 2.00 bits per heavy atom.